The monoisotopic (exact) mass is 627 g/mol. The third-order valence-electron chi connectivity index (χ3n) is 8.42. The van der Waals surface area contributed by atoms with E-state index in [2.05, 4.69) is 10.6 Å². The van der Waals surface area contributed by atoms with Crippen molar-refractivity contribution >= 4 is 28.7 Å². The zero-order valence-electron chi connectivity index (χ0n) is 26.5. The molecule has 0 spiro atoms. The fraction of sp³-hybridized carbons (Fsp3) is 0.371. The molecule has 46 heavy (non-hydrogen) atoms. The molecule has 2 atom stereocenters. The number of carbonyl (C=O) groups excluding carboxylic acids is 2. The molecule has 0 saturated carbocycles. The van der Waals surface area contributed by atoms with Gasteiger partial charge in [-0.25, -0.2) is 9.78 Å². The molecule has 5 N–H and O–H groups in total. The maximum absolute atomic E-state index is 13.3. The molecule has 0 bridgehead atoms. The number of hydrogen-bond donors (Lipinski definition) is 4. The minimum Gasteiger partial charge on any atom is -0.508 e. The van der Waals surface area contributed by atoms with Crippen LogP contribution in [0.15, 0.2) is 59.4 Å². The maximum atomic E-state index is 13.3. The van der Waals surface area contributed by atoms with Crippen LogP contribution in [0.4, 0.5) is 10.5 Å². The first-order chi connectivity index (χ1) is 22.3. The number of aromatic hydroxyl groups is 1. The highest BCUT2D eigenvalue weighted by atomic mass is 16.7. The van der Waals surface area contributed by atoms with Gasteiger partial charge in [0.2, 0.25) is 5.91 Å². The summed E-state index contributed by atoms with van der Waals surface area (Å²) in [6.45, 7) is 4.88. The summed E-state index contributed by atoms with van der Waals surface area (Å²) in [7, 11) is 1.76. The summed E-state index contributed by atoms with van der Waals surface area (Å²) in [5.41, 5.74) is 11.4. The number of pyridine rings is 2. The number of rotatable bonds is 13. The van der Waals surface area contributed by atoms with Crippen molar-refractivity contribution in [3.05, 3.63) is 87.2 Å². The summed E-state index contributed by atoms with van der Waals surface area (Å²) in [6, 6.07) is 15.2. The van der Waals surface area contributed by atoms with Gasteiger partial charge in [0.05, 0.1) is 29.5 Å². The van der Waals surface area contributed by atoms with Gasteiger partial charge in [-0.15, -0.1) is 0 Å². The van der Waals surface area contributed by atoms with Crippen LogP contribution in [0.3, 0.4) is 0 Å². The van der Waals surface area contributed by atoms with Crippen molar-refractivity contribution in [1.29, 1.82) is 0 Å². The molecule has 1 amide bonds. The number of anilines is 1. The highest BCUT2D eigenvalue weighted by molar-refractivity contribution is 5.94. The highest BCUT2D eigenvalue weighted by Gasteiger charge is 2.28. The number of phenols is 1. The van der Waals surface area contributed by atoms with Gasteiger partial charge in [0.25, 0.3) is 5.56 Å². The van der Waals surface area contributed by atoms with Crippen molar-refractivity contribution in [1.82, 2.24) is 14.9 Å². The Morgan fingerprint density at radius 1 is 1.09 bits per heavy atom. The lowest BCUT2D eigenvalue weighted by Crippen LogP contribution is -2.38. The number of likely N-dealkylation sites (N-methyl/N-ethyl adjacent to an activating group) is 1. The number of unbranched alkanes of at least 4 members (excludes halogenated alkanes) is 1. The molecule has 1 aliphatic heterocycles. The molecular formula is C35H41N5O6. The molecule has 3 heterocycles. The molecule has 0 saturated heterocycles. The van der Waals surface area contributed by atoms with Crippen LogP contribution in [0.5, 0.6) is 5.75 Å². The molecular weight excluding hydrogens is 586 g/mol. The SMILES string of the molecule is CCc1c2c(nc3ccc(O)cc13)-c1cc([C@H](CC)OC(=O)OCc3ccc(NC(=O)[C@H](CCCCN)NC)cc3)cc(=O)n1C2. The lowest BCUT2D eigenvalue weighted by molar-refractivity contribution is -0.118. The van der Waals surface area contributed by atoms with E-state index in [1.54, 1.807) is 54.1 Å². The topological polar surface area (TPSA) is 158 Å². The molecule has 11 nitrogen and oxygen atoms in total. The molecule has 4 aromatic rings. The van der Waals surface area contributed by atoms with E-state index in [0.717, 1.165) is 52.5 Å². The Kier molecular flexibility index (Phi) is 10.3. The molecule has 1 aliphatic rings. The number of ether oxygens (including phenoxy) is 2. The summed E-state index contributed by atoms with van der Waals surface area (Å²) in [5.74, 6) is 0.0463. The standard InChI is InChI=1S/C35H41N5O6/c1-4-25-26-18-24(41)13-14-28(26)39-33-27(25)19-40-30(33)16-22(17-32(40)42)31(5-2)46-35(44)45-20-21-9-11-23(12-10-21)38-34(43)29(37-3)8-6-7-15-36/h9-14,16-18,29,31,37,41H,4-8,15,19-20,36H2,1-3H3,(H,38,43)/t29-,31-/m0/s1. The van der Waals surface area contributed by atoms with Gasteiger partial charge in [0.1, 0.15) is 18.5 Å². The molecule has 0 aliphatic carbocycles. The fourth-order valence-electron chi connectivity index (χ4n) is 5.96. The Bertz CT molecular complexity index is 1790. The van der Waals surface area contributed by atoms with Gasteiger partial charge >= 0.3 is 6.16 Å². The molecule has 0 unspecified atom stereocenters. The van der Waals surface area contributed by atoms with Gasteiger partial charge in [0, 0.05) is 28.3 Å². The van der Waals surface area contributed by atoms with Crippen molar-refractivity contribution in [2.24, 2.45) is 5.73 Å². The lowest BCUT2D eigenvalue weighted by atomic mass is 9.98. The van der Waals surface area contributed by atoms with E-state index in [0.29, 0.717) is 42.9 Å². The Labute approximate surface area is 267 Å². The van der Waals surface area contributed by atoms with E-state index in [-0.39, 0.29) is 29.9 Å². The van der Waals surface area contributed by atoms with E-state index < -0.39 is 12.3 Å². The van der Waals surface area contributed by atoms with Gasteiger partial charge in [-0.2, -0.15) is 0 Å². The Morgan fingerprint density at radius 3 is 2.57 bits per heavy atom. The van der Waals surface area contributed by atoms with Crippen LogP contribution in [-0.2, 0) is 33.8 Å². The summed E-state index contributed by atoms with van der Waals surface area (Å²) < 4.78 is 12.7. The maximum Gasteiger partial charge on any atom is 0.509 e. The smallest absolute Gasteiger partial charge is 0.508 e. The number of nitrogens with zero attached hydrogens (tertiary/aromatic N) is 2. The van der Waals surface area contributed by atoms with Crippen LogP contribution in [-0.4, -0.2) is 46.4 Å². The fourth-order valence-corrected chi connectivity index (χ4v) is 5.96. The van der Waals surface area contributed by atoms with Crippen molar-refractivity contribution in [3.8, 4) is 17.1 Å². The number of fused-ring (bicyclic) bond motifs is 4. The number of aryl methyl sites for hydroxylation is 1. The second kappa shape index (κ2) is 14.6. The number of nitrogens with two attached hydrogens (primary N) is 1. The molecule has 2 aromatic heterocycles. The van der Waals surface area contributed by atoms with Crippen LogP contribution < -0.4 is 21.9 Å². The van der Waals surface area contributed by atoms with Gasteiger partial charge in [-0.1, -0.05) is 32.4 Å². The van der Waals surface area contributed by atoms with E-state index in [1.165, 1.54) is 6.07 Å². The van der Waals surface area contributed by atoms with Crippen LogP contribution >= 0.6 is 0 Å². The number of amides is 1. The number of phenolic OH excluding ortho intramolecular Hbond substituents is 1. The van der Waals surface area contributed by atoms with Gasteiger partial charge < -0.3 is 35.5 Å². The van der Waals surface area contributed by atoms with Gasteiger partial charge in [-0.05, 0) is 86.8 Å². The molecule has 0 radical (unpaired) electrons. The summed E-state index contributed by atoms with van der Waals surface area (Å²) in [4.78, 5) is 43.4. The number of carbonyl (C=O) groups is 2. The minimum absolute atomic E-state index is 0.0196. The third-order valence-corrected chi connectivity index (χ3v) is 8.42. The summed E-state index contributed by atoms with van der Waals surface area (Å²) in [5, 5.41) is 16.9. The zero-order chi connectivity index (χ0) is 32.8. The molecule has 5 rings (SSSR count). The lowest BCUT2D eigenvalue weighted by Gasteiger charge is -2.18. The molecule has 11 heteroatoms. The average molecular weight is 628 g/mol. The van der Waals surface area contributed by atoms with Crippen molar-refractivity contribution in [2.75, 3.05) is 18.9 Å². The van der Waals surface area contributed by atoms with Crippen molar-refractivity contribution in [3.63, 3.8) is 0 Å². The van der Waals surface area contributed by atoms with Crippen molar-refractivity contribution in [2.45, 2.75) is 71.2 Å². The Morgan fingerprint density at radius 2 is 1.87 bits per heavy atom. The first kappa shape index (κ1) is 32.6. The van der Waals surface area contributed by atoms with E-state index in [9.17, 15) is 19.5 Å². The Hall–Kier alpha value is -4.74. The second-order valence-corrected chi connectivity index (χ2v) is 11.4. The van der Waals surface area contributed by atoms with Crippen molar-refractivity contribution < 1.29 is 24.2 Å². The number of nitrogens with one attached hydrogen (secondary N) is 2. The summed E-state index contributed by atoms with van der Waals surface area (Å²) >= 11 is 0. The normalized spacial score (nSPS) is 13.1. The summed E-state index contributed by atoms with van der Waals surface area (Å²) in [6.07, 6.45) is 2.03. The largest absolute Gasteiger partial charge is 0.509 e. The first-order valence-electron chi connectivity index (χ1n) is 15.8. The van der Waals surface area contributed by atoms with E-state index in [4.69, 9.17) is 20.2 Å². The molecule has 242 valence electrons. The van der Waals surface area contributed by atoms with Crippen LogP contribution in [0.2, 0.25) is 0 Å². The first-order valence-corrected chi connectivity index (χ1v) is 15.8. The Balaban J connectivity index is 1.24. The second-order valence-electron chi connectivity index (χ2n) is 11.4. The van der Waals surface area contributed by atoms with E-state index >= 15 is 0 Å². The predicted octanol–water partition coefficient (Wildman–Crippen LogP) is 5.15. The zero-order valence-corrected chi connectivity index (χ0v) is 26.5. The van der Waals surface area contributed by atoms with Gasteiger partial charge in [-0.3, -0.25) is 9.59 Å². The van der Waals surface area contributed by atoms with Crippen LogP contribution in [0, 0.1) is 0 Å². The molecule has 0 fully saturated rings. The minimum atomic E-state index is -0.850. The number of benzene rings is 2. The average Bonchev–Trinajstić information content (AvgIpc) is 3.42. The van der Waals surface area contributed by atoms with Gasteiger partial charge in [0.15, 0.2) is 0 Å². The number of aromatic nitrogens is 2. The number of hydrogen-bond acceptors (Lipinski definition) is 9. The van der Waals surface area contributed by atoms with Crippen LogP contribution in [0.1, 0.15) is 67.9 Å². The third kappa shape index (κ3) is 7.05. The van der Waals surface area contributed by atoms with E-state index in [1.807, 2.05) is 19.9 Å². The molecule has 2 aromatic carbocycles. The highest BCUT2D eigenvalue weighted by Crippen LogP contribution is 2.37. The van der Waals surface area contributed by atoms with Crippen LogP contribution in [0.25, 0.3) is 22.3 Å². The quantitative estimate of drug-likeness (QED) is 0.102. The predicted molar refractivity (Wildman–Crippen MR) is 177 cm³/mol.